The van der Waals surface area contributed by atoms with Crippen molar-refractivity contribution < 1.29 is 9.59 Å². The summed E-state index contributed by atoms with van der Waals surface area (Å²) in [4.78, 5) is 28.8. The lowest BCUT2D eigenvalue weighted by atomic mass is 9.94. The third-order valence-electron chi connectivity index (χ3n) is 5.19. The number of carbonyl (C=O) groups is 2. The molecule has 0 aromatic heterocycles. The van der Waals surface area contributed by atoms with Gasteiger partial charge in [0.15, 0.2) is 0 Å². The number of amides is 2. The highest BCUT2D eigenvalue weighted by atomic mass is 35.5. The van der Waals surface area contributed by atoms with E-state index >= 15 is 0 Å². The maximum absolute atomic E-state index is 12.6. The molecule has 2 fully saturated rings. The number of rotatable bonds is 3. The van der Waals surface area contributed by atoms with Gasteiger partial charge in [-0.05, 0) is 61.9 Å². The Kier molecular flexibility index (Phi) is 6.60. The molecular formula is C20H24Cl2N2O2. The fourth-order valence-corrected chi connectivity index (χ4v) is 3.99. The van der Waals surface area contributed by atoms with Crippen LogP contribution < -0.4 is 0 Å². The summed E-state index contributed by atoms with van der Waals surface area (Å²) in [6.07, 6.45) is 8.16. The first-order chi connectivity index (χ1) is 12.5. The molecule has 1 aromatic carbocycles. The second kappa shape index (κ2) is 8.92. The van der Waals surface area contributed by atoms with Gasteiger partial charge in [0.1, 0.15) is 0 Å². The second-order valence-electron chi connectivity index (χ2n) is 6.98. The van der Waals surface area contributed by atoms with Crippen LogP contribution in [0.1, 0.15) is 37.7 Å². The molecule has 4 nitrogen and oxygen atoms in total. The molecule has 2 amide bonds. The highest BCUT2D eigenvalue weighted by Crippen LogP contribution is 2.24. The molecule has 6 heteroatoms. The van der Waals surface area contributed by atoms with E-state index in [4.69, 9.17) is 23.2 Å². The van der Waals surface area contributed by atoms with Crippen LogP contribution in [-0.2, 0) is 9.59 Å². The molecule has 0 unspecified atom stereocenters. The zero-order valence-electron chi connectivity index (χ0n) is 14.8. The van der Waals surface area contributed by atoms with Crippen LogP contribution in [0.5, 0.6) is 0 Å². The molecule has 2 heterocycles. The van der Waals surface area contributed by atoms with Crippen molar-refractivity contribution in [3.8, 4) is 0 Å². The molecule has 0 spiro atoms. The predicted octanol–water partition coefficient (Wildman–Crippen LogP) is 4.26. The Balaban J connectivity index is 1.52. The number of piperidine rings is 2. The molecule has 0 saturated carbocycles. The van der Waals surface area contributed by atoms with Crippen LogP contribution >= 0.6 is 23.2 Å². The molecule has 0 radical (unpaired) electrons. The number of halogens is 2. The zero-order valence-corrected chi connectivity index (χ0v) is 16.3. The van der Waals surface area contributed by atoms with Crippen molar-refractivity contribution in [3.63, 3.8) is 0 Å². The first-order valence-electron chi connectivity index (χ1n) is 9.25. The first kappa shape index (κ1) is 19.2. The van der Waals surface area contributed by atoms with Crippen molar-refractivity contribution in [2.75, 3.05) is 26.2 Å². The minimum absolute atomic E-state index is 0.0510. The Hall–Kier alpha value is -1.52. The van der Waals surface area contributed by atoms with Crippen LogP contribution in [0.3, 0.4) is 0 Å². The van der Waals surface area contributed by atoms with Gasteiger partial charge in [0.25, 0.3) is 0 Å². The molecule has 2 saturated heterocycles. The highest BCUT2D eigenvalue weighted by Gasteiger charge is 2.30. The van der Waals surface area contributed by atoms with Crippen LogP contribution in [0.25, 0.3) is 6.08 Å². The van der Waals surface area contributed by atoms with Gasteiger partial charge in [0, 0.05) is 48.2 Å². The summed E-state index contributed by atoms with van der Waals surface area (Å²) in [6, 6.07) is 5.16. The van der Waals surface area contributed by atoms with Gasteiger partial charge in [-0.2, -0.15) is 0 Å². The van der Waals surface area contributed by atoms with Gasteiger partial charge in [-0.1, -0.05) is 23.2 Å². The summed E-state index contributed by atoms with van der Waals surface area (Å²) in [7, 11) is 0. The van der Waals surface area contributed by atoms with Crippen LogP contribution in [-0.4, -0.2) is 47.8 Å². The van der Waals surface area contributed by atoms with Gasteiger partial charge < -0.3 is 9.80 Å². The van der Waals surface area contributed by atoms with Crippen LogP contribution in [0, 0.1) is 5.92 Å². The van der Waals surface area contributed by atoms with E-state index in [2.05, 4.69) is 0 Å². The third kappa shape index (κ3) is 4.80. The molecule has 0 N–H and O–H groups in total. The van der Waals surface area contributed by atoms with Crippen LogP contribution in [0.2, 0.25) is 10.0 Å². The Morgan fingerprint density at radius 2 is 1.65 bits per heavy atom. The number of hydrogen-bond acceptors (Lipinski definition) is 2. The SMILES string of the molecule is O=C(/C=C/c1cc(Cl)ccc1Cl)N1CCC(C(=O)N2CCCCC2)CC1. The van der Waals surface area contributed by atoms with Crippen molar-refractivity contribution in [1.29, 1.82) is 0 Å². The van der Waals surface area contributed by atoms with E-state index in [1.165, 1.54) is 12.5 Å². The smallest absolute Gasteiger partial charge is 0.246 e. The molecule has 2 aliphatic heterocycles. The highest BCUT2D eigenvalue weighted by molar-refractivity contribution is 6.34. The summed E-state index contributed by atoms with van der Waals surface area (Å²) < 4.78 is 0. The summed E-state index contributed by atoms with van der Waals surface area (Å²) in [5.74, 6) is 0.284. The maximum Gasteiger partial charge on any atom is 0.246 e. The fraction of sp³-hybridized carbons (Fsp3) is 0.500. The van der Waals surface area contributed by atoms with Gasteiger partial charge in [0.05, 0.1) is 0 Å². The van der Waals surface area contributed by atoms with Crippen molar-refractivity contribution in [2.45, 2.75) is 32.1 Å². The van der Waals surface area contributed by atoms with Crippen molar-refractivity contribution in [2.24, 2.45) is 5.92 Å². The first-order valence-corrected chi connectivity index (χ1v) is 10.0. The fourth-order valence-electron chi connectivity index (χ4n) is 3.63. The average Bonchev–Trinajstić information content (AvgIpc) is 2.68. The van der Waals surface area contributed by atoms with Gasteiger partial charge in [-0.3, -0.25) is 9.59 Å². The summed E-state index contributed by atoms with van der Waals surface area (Å²) in [5.41, 5.74) is 0.725. The number of hydrogen-bond donors (Lipinski definition) is 0. The summed E-state index contributed by atoms with van der Waals surface area (Å²) in [6.45, 7) is 3.02. The maximum atomic E-state index is 12.6. The molecule has 0 aliphatic carbocycles. The quantitative estimate of drug-likeness (QED) is 0.718. The van der Waals surface area contributed by atoms with Crippen molar-refractivity contribution >= 4 is 41.1 Å². The molecular weight excluding hydrogens is 371 g/mol. The van der Waals surface area contributed by atoms with E-state index < -0.39 is 0 Å². The number of benzene rings is 1. The van der Waals surface area contributed by atoms with E-state index in [1.54, 1.807) is 29.2 Å². The monoisotopic (exact) mass is 394 g/mol. The van der Waals surface area contributed by atoms with Gasteiger partial charge >= 0.3 is 0 Å². The number of nitrogens with zero attached hydrogens (tertiary/aromatic N) is 2. The van der Waals surface area contributed by atoms with E-state index in [0.717, 1.165) is 44.3 Å². The molecule has 0 atom stereocenters. The number of likely N-dealkylation sites (tertiary alicyclic amines) is 2. The molecule has 0 bridgehead atoms. The van der Waals surface area contributed by atoms with Gasteiger partial charge in [0.2, 0.25) is 11.8 Å². The molecule has 140 valence electrons. The normalized spacial score (nSPS) is 19.2. The largest absolute Gasteiger partial charge is 0.342 e. The Morgan fingerprint density at radius 3 is 2.35 bits per heavy atom. The average molecular weight is 395 g/mol. The zero-order chi connectivity index (χ0) is 18.5. The van der Waals surface area contributed by atoms with E-state index in [0.29, 0.717) is 23.1 Å². The van der Waals surface area contributed by atoms with Crippen LogP contribution in [0.4, 0.5) is 0 Å². The van der Waals surface area contributed by atoms with Gasteiger partial charge in [-0.25, -0.2) is 0 Å². The third-order valence-corrected chi connectivity index (χ3v) is 5.77. The van der Waals surface area contributed by atoms with Crippen molar-refractivity contribution in [1.82, 2.24) is 9.80 Å². The lowest BCUT2D eigenvalue weighted by molar-refractivity contribution is -0.140. The van der Waals surface area contributed by atoms with E-state index in [-0.39, 0.29) is 17.7 Å². The minimum atomic E-state index is -0.0510. The second-order valence-corrected chi connectivity index (χ2v) is 7.83. The number of carbonyl (C=O) groups excluding carboxylic acids is 2. The Labute approximate surface area is 164 Å². The molecule has 26 heavy (non-hydrogen) atoms. The lowest BCUT2D eigenvalue weighted by Gasteiger charge is -2.35. The Morgan fingerprint density at radius 1 is 0.962 bits per heavy atom. The van der Waals surface area contributed by atoms with Gasteiger partial charge in [-0.15, -0.1) is 0 Å². The Bertz CT molecular complexity index is 691. The topological polar surface area (TPSA) is 40.6 Å². The van der Waals surface area contributed by atoms with Crippen LogP contribution in [0.15, 0.2) is 24.3 Å². The van der Waals surface area contributed by atoms with E-state index in [9.17, 15) is 9.59 Å². The summed E-state index contributed by atoms with van der Waals surface area (Å²) in [5, 5.41) is 1.14. The molecule has 1 aromatic rings. The molecule has 3 rings (SSSR count). The molecule has 2 aliphatic rings. The van der Waals surface area contributed by atoms with Crippen molar-refractivity contribution in [3.05, 3.63) is 39.9 Å². The lowest BCUT2D eigenvalue weighted by Crippen LogP contribution is -2.45. The van der Waals surface area contributed by atoms with E-state index in [1.807, 2.05) is 4.90 Å². The minimum Gasteiger partial charge on any atom is -0.342 e. The summed E-state index contributed by atoms with van der Waals surface area (Å²) >= 11 is 12.1. The predicted molar refractivity (Wildman–Crippen MR) is 105 cm³/mol. The standard InChI is InChI=1S/C20H24Cl2N2O2/c21-17-5-6-18(22)16(14-17)4-7-19(25)23-12-8-15(9-13-23)20(26)24-10-2-1-3-11-24/h4-7,14-15H,1-3,8-13H2/b7-4+.